The van der Waals surface area contributed by atoms with Gasteiger partial charge in [-0.1, -0.05) is 50.3 Å². The van der Waals surface area contributed by atoms with Crippen LogP contribution in [-0.2, 0) is 9.47 Å². The topological polar surface area (TPSA) is 18.5 Å². The van der Waals surface area contributed by atoms with E-state index in [2.05, 4.69) is 20.4 Å². The Morgan fingerprint density at radius 1 is 1.31 bits per heavy atom. The van der Waals surface area contributed by atoms with Crippen LogP contribution in [0.5, 0.6) is 0 Å². The van der Waals surface area contributed by atoms with Crippen molar-refractivity contribution in [2.24, 2.45) is 5.41 Å². The molecule has 1 aromatic rings. The second kappa shape index (κ2) is 4.40. The summed E-state index contributed by atoms with van der Waals surface area (Å²) >= 11 is 0. The van der Waals surface area contributed by atoms with Gasteiger partial charge in [0.25, 0.3) is 0 Å². The standard InChI is InChI=1S/C14H18O2/c1-4-12-14(2,3)10-15-13(16-12)11-8-6-5-7-9-11/h4-9,12-13H,1,10H2,2-3H3. The van der Waals surface area contributed by atoms with Gasteiger partial charge in [-0.15, -0.1) is 6.58 Å². The van der Waals surface area contributed by atoms with Gasteiger partial charge >= 0.3 is 0 Å². The third-order valence-electron chi connectivity index (χ3n) is 2.93. The molecule has 16 heavy (non-hydrogen) atoms. The van der Waals surface area contributed by atoms with Gasteiger partial charge in [0.1, 0.15) is 0 Å². The summed E-state index contributed by atoms with van der Waals surface area (Å²) in [5.74, 6) is 0. The Labute approximate surface area is 96.9 Å². The molecule has 0 spiro atoms. The molecule has 0 aromatic heterocycles. The van der Waals surface area contributed by atoms with Gasteiger partial charge in [0.2, 0.25) is 0 Å². The zero-order valence-corrected chi connectivity index (χ0v) is 9.85. The Morgan fingerprint density at radius 2 is 2.00 bits per heavy atom. The fourth-order valence-corrected chi connectivity index (χ4v) is 1.89. The van der Waals surface area contributed by atoms with E-state index in [4.69, 9.17) is 9.47 Å². The first-order chi connectivity index (χ1) is 7.63. The monoisotopic (exact) mass is 218 g/mol. The van der Waals surface area contributed by atoms with Crippen molar-refractivity contribution in [3.8, 4) is 0 Å². The van der Waals surface area contributed by atoms with Gasteiger partial charge in [-0.05, 0) is 0 Å². The predicted molar refractivity (Wildman–Crippen MR) is 64.0 cm³/mol. The molecule has 1 saturated heterocycles. The molecule has 0 bridgehead atoms. The van der Waals surface area contributed by atoms with E-state index in [0.29, 0.717) is 6.61 Å². The Kier molecular flexibility index (Phi) is 3.13. The lowest BCUT2D eigenvalue weighted by molar-refractivity contribution is -0.250. The van der Waals surface area contributed by atoms with Crippen LogP contribution in [0.2, 0.25) is 0 Å². The summed E-state index contributed by atoms with van der Waals surface area (Å²) in [6.45, 7) is 8.76. The third-order valence-corrected chi connectivity index (χ3v) is 2.93. The summed E-state index contributed by atoms with van der Waals surface area (Å²) in [5.41, 5.74) is 1.05. The minimum absolute atomic E-state index is 0.00691. The molecule has 0 aliphatic carbocycles. The van der Waals surface area contributed by atoms with Crippen molar-refractivity contribution < 1.29 is 9.47 Å². The van der Waals surface area contributed by atoms with Crippen LogP contribution >= 0.6 is 0 Å². The first-order valence-electron chi connectivity index (χ1n) is 5.58. The highest BCUT2D eigenvalue weighted by Gasteiger charge is 2.36. The van der Waals surface area contributed by atoms with Gasteiger partial charge in [-0.2, -0.15) is 0 Å². The molecule has 0 saturated carbocycles. The van der Waals surface area contributed by atoms with Crippen LogP contribution in [-0.4, -0.2) is 12.7 Å². The van der Waals surface area contributed by atoms with Crippen molar-refractivity contribution in [3.05, 3.63) is 48.6 Å². The molecule has 1 heterocycles. The second-order valence-electron chi connectivity index (χ2n) is 4.83. The molecular weight excluding hydrogens is 200 g/mol. The minimum atomic E-state index is -0.266. The largest absolute Gasteiger partial charge is 0.348 e. The lowest BCUT2D eigenvalue weighted by atomic mass is 9.86. The Morgan fingerprint density at radius 3 is 2.62 bits per heavy atom. The molecule has 1 fully saturated rings. The van der Waals surface area contributed by atoms with E-state index in [1.807, 2.05) is 36.4 Å². The zero-order valence-electron chi connectivity index (χ0n) is 9.85. The highest BCUT2D eigenvalue weighted by atomic mass is 16.7. The summed E-state index contributed by atoms with van der Waals surface area (Å²) in [6, 6.07) is 10.0. The first kappa shape index (κ1) is 11.4. The van der Waals surface area contributed by atoms with Crippen molar-refractivity contribution in [1.29, 1.82) is 0 Å². The van der Waals surface area contributed by atoms with Crippen LogP contribution in [0, 0.1) is 5.41 Å². The van der Waals surface area contributed by atoms with Crippen molar-refractivity contribution in [3.63, 3.8) is 0 Å². The average Bonchev–Trinajstić information content (AvgIpc) is 2.30. The smallest absolute Gasteiger partial charge is 0.184 e. The maximum Gasteiger partial charge on any atom is 0.184 e. The molecule has 0 amide bonds. The maximum atomic E-state index is 5.90. The molecule has 2 unspecified atom stereocenters. The lowest BCUT2D eigenvalue weighted by Crippen LogP contribution is -2.41. The van der Waals surface area contributed by atoms with Crippen molar-refractivity contribution >= 4 is 0 Å². The zero-order chi connectivity index (χ0) is 11.6. The number of benzene rings is 1. The fourth-order valence-electron chi connectivity index (χ4n) is 1.89. The second-order valence-corrected chi connectivity index (χ2v) is 4.83. The van der Waals surface area contributed by atoms with Crippen LogP contribution < -0.4 is 0 Å². The molecule has 2 heteroatoms. The van der Waals surface area contributed by atoms with E-state index in [1.165, 1.54) is 0 Å². The van der Waals surface area contributed by atoms with E-state index in [-0.39, 0.29) is 17.8 Å². The summed E-state index contributed by atoms with van der Waals surface area (Å²) in [7, 11) is 0. The Bertz CT molecular complexity index is 356. The molecule has 1 aliphatic heterocycles. The number of hydrogen-bond donors (Lipinski definition) is 0. The average molecular weight is 218 g/mol. The van der Waals surface area contributed by atoms with Gasteiger partial charge in [-0.25, -0.2) is 0 Å². The Balaban J connectivity index is 2.14. The SMILES string of the molecule is C=CC1OC(c2ccccc2)OCC1(C)C. The summed E-state index contributed by atoms with van der Waals surface area (Å²) < 4.78 is 11.6. The van der Waals surface area contributed by atoms with Gasteiger partial charge in [0.15, 0.2) is 6.29 Å². The van der Waals surface area contributed by atoms with Crippen molar-refractivity contribution in [2.45, 2.75) is 26.2 Å². The maximum absolute atomic E-state index is 5.90. The highest BCUT2D eigenvalue weighted by molar-refractivity contribution is 5.16. The van der Waals surface area contributed by atoms with Crippen molar-refractivity contribution in [2.75, 3.05) is 6.61 Å². The molecule has 2 rings (SSSR count). The minimum Gasteiger partial charge on any atom is -0.348 e. The fraction of sp³-hybridized carbons (Fsp3) is 0.429. The quantitative estimate of drug-likeness (QED) is 0.709. The molecule has 0 radical (unpaired) electrons. The highest BCUT2D eigenvalue weighted by Crippen LogP contribution is 2.36. The van der Waals surface area contributed by atoms with E-state index in [0.717, 1.165) is 5.56 Å². The van der Waals surface area contributed by atoms with Crippen LogP contribution in [0.3, 0.4) is 0 Å². The summed E-state index contributed by atoms with van der Waals surface area (Å²) in [5, 5.41) is 0. The van der Waals surface area contributed by atoms with Gasteiger partial charge < -0.3 is 9.47 Å². The third kappa shape index (κ3) is 2.18. The van der Waals surface area contributed by atoms with E-state index >= 15 is 0 Å². The van der Waals surface area contributed by atoms with Gasteiger partial charge in [-0.3, -0.25) is 0 Å². The van der Waals surface area contributed by atoms with Crippen molar-refractivity contribution in [1.82, 2.24) is 0 Å². The van der Waals surface area contributed by atoms with Gasteiger partial charge in [0.05, 0.1) is 12.7 Å². The molecule has 2 atom stereocenters. The summed E-state index contributed by atoms with van der Waals surface area (Å²) in [6.07, 6.45) is 1.63. The molecule has 0 N–H and O–H groups in total. The first-order valence-corrected chi connectivity index (χ1v) is 5.58. The molecule has 2 nitrogen and oxygen atoms in total. The van der Waals surface area contributed by atoms with E-state index in [1.54, 1.807) is 0 Å². The van der Waals surface area contributed by atoms with Crippen LogP contribution in [0.1, 0.15) is 25.7 Å². The molecule has 1 aromatic carbocycles. The molecular formula is C14H18O2. The molecule has 86 valence electrons. The van der Waals surface area contributed by atoms with E-state index < -0.39 is 0 Å². The number of hydrogen-bond acceptors (Lipinski definition) is 2. The normalized spacial score (nSPS) is 28.6. The number of ether oxygens (including phenoxy) is 2. The number of rotatable bonds is 2. The lowest BCUT2D eigenvalue weighted by Gasteiger charge is -2.40. The van der Waals surface area contributed by atoms with Gasteiger partial charge in [0, 0.05) is 11.0 Å². The summed E-state index contributed by atoms with van der Waals surface area (Å²) in [4.78, 5) is 0. The van der Waals surface area contributed by atoms with Crippen LogP contribution in [0.15, 0.2) is 43.0 Å². The molecule has 1 aliphatic rings. The van der Waals surface area contributed by atoms with E-state index in [9.17, 15) is 0 Å². The van der Waals surface area contributed by atoms with Crippen LogP contribution in [0.4, 0.5) is 0 Å². The Hall–Kier alpha value is -1.12. The van der Waals surface area contributed by atoms with Crippen LogP contribution in [0.25, 0.3) is 0 Å². The predicted octanol–water partition coefficient (Wildman–Crippen LogP) is 3.31.